The lowest BCUT2D eigenvalue weighted by Gasteiger charge is -2.22. The van der Waals surface area contributed by atoms with Gasteiger partial charge in [-0.05, 0) is 56.3 Å². The van der Waals surface area contributed by atoms with Gasteiger partial charge in [0.15, 0.2) is 6.10 Å². The summed E-state index contributed by atoms with van der Waals surface area (Å²) in [4.78, 5) is 10.8. The Kier molecular flexibility index (Phi) is 7.36. The molecule has 5 heteroatoms. The minimum absolute atomic E-state index is 0.0700. The molecule has 0 aromatic heterocycles. The van der Waals surface area contributed by atoms with E-state index >= 15 is 0 Å². The minimum atomic E-state index is -1.39. The molecule has 1 unspecified atom stereocenters. The zero-order valence-electron chi connectivity index (χ0n) is 13.5. The third-order valence-corrected chi connectivity index (χ3v) is 4.39. The smallest absolute Gasteiger partial charge is 0.332 e. The molecule has 0 saturated carbocycles. The van der Waals surface area contributed by atoms with Crippen molar-refractivity contribution in [2.75, 3.05) is 19.7 Å². The first-order valence-electron chi connectivity index (χ1n) is 8.49. The lowest BCUT2D eigenvalue weighted by atomic mass is 9.93. The Morgan fingerprint density at radius 2 is 2.00 bits per heavy atom. The number of carboxylic acids is 1. The van der Waals surface area contributed by atoms with Crippen molar-refractivity contribution in [3.8, 4) is 5.75 Å². The number of para-hydroxylation sites is 1. The molecule has 0 aliphatic carbocycles. The van der Waals surface area contributed by atoms with Gasteiger partial charge in [-0.1, -0.05) is 24.6 Å². The maximum Gasteiger partial charge on any atom is 0.332 e. The molecule has 1 aliphatic rings. The van der Waals surface area contributed by atoms with Gasteiger partial charge in [0.1, 0.15) is 5.75 Å². The maximum atomic E-state index is 10.8. The molecule has 5 nitrogen and oxygen atoms in total. The average molecular weight is 321 g/mol. The van der Waals surface area contributed by atoms with Crippen LogP contribution in [0.2, 0.25) is 0 Å². The van der Waals surface area contributed by atoms with Crippen LogP contribution in [-0.4, -0.2) is 42.0 Å². The van der Waals surface area contributed by atoms with Crippen molar-refractivity contribution >= 4 is 5.97 Å². The van der Waals surface area contributed by atoms with Gasteiger partial charge < -0.3 is 20.3 Å². The maximum absolute atomic E-state index is 10.8. The molecular weight excluding hydrogens is 294 g/mol. The van der Waals surface area contributed by atoms with Crippen LogP contribution in [0, 0.1) is 5.92 Å². The first-order chi connectivity index (χ1) is 11.2. The van der Waals surface area contributed by atoms with Gasteiger partial charge in [0.2, 0.25) is 0 Å². The Balaban J connectivity index is 1.71. The minimum Gasteiger partial charge on any atom is -0.493 e. The molecule has 0 bridgehead atoms. The van der Waals surface area contributed by atoms with Crippen LogP contribution in [0.3, 0.4) is 0 Å². The second kappa shape index (κ2) is 9.53. The molecule has 23 heavy (non-hydrogen) atoms. The van der Waals surface area contributed by atoms with E-state index in [4.69, 9.17) is 9.84 Å². The Bertz CT molecular complexity index is 486. The zero-order valence-corrected chi connectivity index (χ0v) is 13.5. The third kappa shape index (κ3) is 6.20. The summed E-state index contributed by atoms with van der Waals surface area (Å²) < 4.78 is 5.79. The van der Waals surface area contributed by atoms with Crippen molar-refractivity contribution in [1.29, 1.82) is 0 Å². The van der Waals surface area contributed by atoms with Crippen molar-refractivity contribution < 1.29 is 19.7 Å². The van der Waals surface area contributed by atoms with E-state index in [1.807, 2.05) is 18.2 Å². The Labute approximate surface area is 137 Å². The highest BCUT2D eigenvalue weighted by Gasteiger charge is 2.16. The van der Waals surface area contributed by atoms with Crippen LogP contribution in [0.1, 0.15) is 37.7 Å². The highest BCUT2D eigenvalue weighted by Crippen LogP contribution is 2.21. The highest BCUT2D eigenvalue weighted by molar-refractivity contribution is 5.72. The SMILES string of the molecule is O=C(O)C(O)Cc1ccccc1OCCCCC1CCNCC1. The molecule has 1 fully saturated rings. The third-order valence-electron chi connectivity index (χ3n) is 4.39. The van der Waals surface area contributed by atoms with Crippen molar-refractivity contribution in [2.45, 2.75) is 44.6 Å². The number of aliphatic hydroxyl groups excluding tert-OH is 1. The molecule has 0 spiro atoms. The van der Waals surface area contributed by atoms with Crippen LogP contribution < -0.4 is 10.1 Å². The van der Waals surface area contributed by atoms with Gasteiger partial charge in [-0.3, -0.25) is 0 Å². The lowest BCUT2D eigenvalue weighted by molar-refractivity contribution is -0.146. The quantitative estimate of drug-likeness (QED) is 0.608. The van der Waals surface area contributed by atoms with Crippen molar-refractivity contribution in [3.05, 3.63) is 29.8 Å². The van der Waals surface area contributed by atoms with E-state index < -0.39 is 12.1 Å². The monoisotopic (exact) mass is 321 g/mol. The standard InChI is InChI=1S/C18H27NO4/c20-16(18(21)22)13-15-6-1-2-7-17(15)23-12-4-3-5-14-8-10-19-11-9-14/h1-2,6-7,14,16,19-20H,3-5,8-13H2,(H,21,22). The van der Waals surface area contributed by atoms with Gasteiger partial charge in [0.25, 0.3) is 0 Å². The molecule has 0 radical (unpaired) electrons. The van der Waals surface area contributed by atoms with E-state index in [2.05, 4.69) is 5.32 Å². The second-order valence-electron chi connectivity index (χ2n) is 6.20. The first kappa shape index (κ1) is 17.8. The summed E-state index contributed by atoms with van der Waals surface area (Å²) in [6.07, 6.45) is 4.64. The predicted octanol–water partition coefficient (Wildman–Crippen LogP) is 2.22. The summed E-state index contributed by atoms with van der Waals surface area (Å²) >= 11 is 0. The lowest BCUT2D eigenvalue weighted by Crippen LogP contribution is -2.27. The van der Waals surface area contributed by atoms with Gasteiger partial charge in [0, 0.05) is 6.42 Å². The summed E-state index contributed by atoms with van der Waals surface area (Å²) in [5.74, 6) is 0.311. The molecule has 2 rings (SSSR count). The normalized spacial score (nSPS) is 16.9. The van der Waals surface area contributed by atoms with Crippen LogP contribution in [0.15, 0.2) is 24.3 Å². The van der Waals surface area contributed by atoms with E-state index in [1.54, 1.807) is 6.07 Å². The van der Waals surface area contributed by atoms with E-state index in [1.165, 1.54) is 19.3 Å². The van der Waals surface area contributed by atoms with Gasteiger partial charge in [0.05, 0.1) is 6.61 Å². The number of carboxylic acid groups (broad SMARTS) is 1. The summed E-state index contributed by atoms with van der Waals surface area (Å²) in [6.45, 7) is 2.91. The fraction of sp³-hybridized carbons (Fsp3) is 0.611. The number of nitrogens with one attached hydrogen (secondary N) is 1. The number of aliphatic hydroxyl groups is 1. The van der Waals surface area contributed by atoms with Crippen LogP contribution in [0.4, 0.5) is 0 Å². The summed E-state index contributed by atoms with van der Waals surface area (Å²) in [5.41, 5.74) is 0.737. The van der Waals surface area contributed by atoms with Crippen molar-refractivity contribution in [3.63, 3.8) is 0 Å². The largest absolute Gasteiger partial charge is 0.493 e. The number of unbranched alkanes of at least 4 members (excludes halogenated alkanes) is 1. The summed E-state index contributed by atoms with van der Waals surface area (Å²) in [6, 6.07) is 7.32. The number of ether oxygens (including phenoxy) is 1. The topological polar surface area (TPSA) is 78.8 Å². The van der Waals surface area contributed by atoms with Crippen LogP contribution in [0.5, 0.6) is 5.75 Å². The van der Waals surface area contributed by atoms with Gasteiger partial charge in [-0.25, -0.2) is 4.79 Å². The number of benzene rings is 1. The molecule has 1 heterocycles. The number of rotatable bonds is 9. The molecule has 1 aromatic rings. The fourth-order valence-electron chi connectivity index (χ4n) is 3.00. The van der Waals surface area contributed by atoms with Crippen LogP contribution in [0.25, 0.3) is 0 Å². The van der Waals surface area contributed by atoms with Crippen LogP contribution in [-0.2, 0) is 11.2 Å². The van der Waals surface area contributed by atoms with Crippen molar-refractivity contribution in [2.24, 2.45) is 5.92 Å². The average Bonchev–Trinajstić information content (AvgIpc) is 2.57. The number of hydrogen-bond acceptors (Lipinski definition) is 4. The number of aliphatic carboxylic acids is 1. The van der Waals surface area contributed by atoms with E-state index in [0.29, 0.717) is 12.4 Å². The van der Waals surface area contributed by atoms with Gasteiger partial charge in [-0.2, -0.15) is 0 Å². The van der Waals surface area contributed by atoms with Crippen LogP contribution >= 0.6 is 0 Å². The number of carbonyl (C=O) groups is 1. The fourth-order valence-corrected chi connectivity index (χ4v) is 3.00. The van der Waals surface area contributed by atoms with Crippen molar-refractivity contribution in [1.82, 2.24) is 5.32 Å². The molecule has 1 saturated heterocycles. The molecule has 3 N–H and O–H groups in total. The summed E-state index contributed by atoms with van der Waals surface area (Å²) in [5, 5.41) is 21.7. The van der Waals surface area contributed by atoms with E-state index in [9.17, 15) is 9.90 Å². The molecule has 1 atom stereocenters. The molecular formula is C18H27NO4. The van der Waals surface area contributed by atoms with Gasteiger partial charge in [-0.15, -0.1) is 0 Å². The molecule has 1 aromatic carbocycles. The molecule has 128 valence electrons. The second-order valence-corrected chi connectivity index (χ2v) is 6.20. The van der Waals surface area contributed by atoms with Gasteiger partial charge >= 0.3 is 5.97 Å². The Morgan fingerprint density at radius 3 is 2.74 bits per heavy atom. The zero-order chi connectivity index (χ0) is 16.5. The molecule has 1 aliphatic heterocycles. The first-order valence-corrected chi connectivity index (χ1v) is 8.49. The highest BCUT2D eigenvalue weighted by atomic mass is 16.5. The Morgan fingerprint density at radius 1 is 1.26 bits per heavy atom. The van der Waals surface area contributed by atoms with E-state index in [0.717, 1.165) is 37.4 Å². The molecule has 0 amide bonds. The van der Waals surface area contributed by atoms with E-state index in [-0.39, 0.29) is 6.42 Å². The Hall–Kier alpha value is -1.59. The summed E-state index contributed by atoms with van der Waals surface area (Å²) in [7, 11) is 0. The predicted molar refractivity (Wildman–Crippen MR) is 88.7 cm³/mol. The number of hydrogen-bond donors (Lipinski definition) is 3. The number of piperidine rings is 1.